The van der Waals surface area contributed by atoms with E-state index in [9.17, 15) is 0 Å². The van der Waals surface area contributed by atoms with E-state index < -0.39 is 0 Å². The van der Waals surface area contributed by atoms with E-state index in [0.29, 0.717) is 0 Å². The van der Waals surface area contributed by atoms with E-state index in [1.807, 2.05) is 69.1 Å². The first-order valence-electron chi connectivity index (χ1n) is 14.9. The van der Waals surface area contributed by atoms with Crippen molar-refractivity contribution in [3.63, 3.8) is 0 Å². The Bertz CT molecular complexity index is 1580. The zero-order valence-corrected chi connectivity index (χ0v) is 31.0. The zero-order valence-electron chi connectivity index (χ0n) is 28.4. The standard InChI is InChI=1S/2C15H21BN6.Sm/c2*1-10-7-13(4)20(17-10)16(21-14(5)8-11(2)18-21)22-15(6)9-12(3)19-22;/h2*7-9H,1-6H3;/q2*-1;. The van der Waals surface area contributed by atoms with Crippen molar-refractivity contribution in [2.75, 3.05) is 0 Å². The fourth-order valence-corrected chi connectivity index (χ4v) is 5.90. The second-order valence-electron chi connectivity index (χ2n) is 11.9. The topological polar surface area (TPSA) is 107 Å². The summed E-state index contributed by atoms with van der Waals surface area (Å²) in [5, 5.41) is 28.0. The predicted molar refractivity (Wildman–Crippen MR) is 174 cm³/mol. The molecule has 12 nitrogen and oxygen atoms in total. The molecule has 0 unspecified atom stereocenters. The van der Waals surface area contributed by atoms with Gasteiger partial charge in [0.15, 0.2) is 0 Å². The molecule has 6 aromatic rings. The first-order valence-corrected chi connectivity index (χ1v) is 14.9. The molecule has 0 N–H and O–H groups in total. The Balaban J connectivity index is 0.000000200. The van der Waals surface area contributed by atoms with E-state index >= 15 is 0 Å². The summed E-state index contributed by atoms with van der Waals surface area (Å²) < 4.78 is 11.9. The van der Waals surface area contributed by atoms with Crippen LogP contribution in [0.2, 0.25) is 0 Å². The first-order chi connectivity index (χ1) is 20.7. The molecule has 0 aliphatic rings. The molecule has 0 bridgehead atoms. The molecule has 0 spiro atoms. The van der Waals surface area contributed by atoms with Gasteiger partial charge < -0.3 is 27.6 Å². The minimum atomic E-state index is -0.226. The minimum Gasteiger partial charge on any atom is -0.422 e. The third kappa shape index (κ3) is 7.10. The summed E-state index contributed by atoms with van der Waals surface area (Å²) in [5.74, 6) is 0. The Morgan fingerprint density at radius 2 is 0.444 bits per heavy atom. The predicted octanol–water partition coefficient (Wildman–Crippen LogP) is 4.11. The molecule has 0 saturated carbocycles. The molecule has 2 radical (unpaired) electrons. The third-order valence-corrected chi connectivity index (χ3v) is 7.58. The van der Waals surface area contributed by atoms with Gasteiger partial charge in [-0.05, 0) is 154 Å². The largest absolute Gasteiger partial charge is 0.422 e. The number of aryl methyl sites for hydroxylation is 12. The van der Waals surface area contributed by atoms with Crippen molar-refractivity contribution in [1.29, 1.82) is 0 Å². The Morgan fingerprint density at radius 3 is 0.533 bits per heavy atom. The third-order valence-electron chi connectivity index (χ3n) is 7.58. The van der Waals surface area contributed by atoms with E-state index in [0.717, 1.165) is 68.3 Å². The van der Waals surface area contributed by atoms with Gasteiger partial charge in [0.2, 0.25) is 0 Å². The van der Waals surface area contributed by atoms with Gasteiger partial charge in [0.05, 0.1) is 34.2 Å². The summed E-state index contributed by atoms with van der Waals surface area (Å²) in [7, 11) is -0.452. The molecule has 0 aliphatic heterocycles. The zero-order chi connectivity index (χ0) is 32.0. The van der Waals surface area contributed by atoms with Crippen molar-refractivity contribution < 1.29 is 40.4 Å². The molecule has 6 rings (SSSR count). The van der Waals surface area contributed by atoms with Crippen molar-refractivity contribution in [1.82, 2.24) is 58.1 Å². The molecule has 0 fully saturated rings. The van der Waals surface area contributed by atoms with Crippen LogP contribution in [0.3, 0.4) is 0 Å². The number of hydrogen-bond acceptors (Lipinski definition) is 6. The Kier molecular flexibility index (Phi) is 10.5. The fraction of sp³-hybridized carbons (Fsp3) is 0.400. The number of hydrogen-bond donors (Lipinski definition) is 0. The van der Waals surface area contributed by atoms with Crippen molar-refractivity contribution >= 4 is 14.2 Å². The van der Waals surface area contributed by atoms with Gasteiger partial charge in [0.1, 0.15) is 0 Å². The van der Waals surface area contributed by atoms with Gasteiger partial charge in [0, 0.05) is 40.4 Å². The molecular weight excluding hydrogens is 700 g/mol. The Labute approximate surface area is 298 Å². The molecule has 0 aromatic carbocycles. The second-order valence-corrected chi connectivity index (χ2v) is 11.9. The molecule has 236 valence electrons. The molecule has 45 heavy (non-hydrogen) atoms. The summed E-state index contributed by atoms with van der Waals surface area (Å²) in [6.07, 6.45) is 0. The monoisotopic (exact) mass is 744 g/mol. The van der Waals surface area contributed by atoms with Crippen LogP contribution in [0.5, 0.6) is 0 Å². The van der Waals surface area contributed by atoms with Gasteiger partial charge in [-0.15, -0.1) is 0 Å². The smallest absolute Gasteiger partial charge is 0.261 e. The van der Waals surface area contributed by atoms with E-state index in [4.69, 9.17) is 0 Å². The maximum absolute atomic E-state index is 4.66. The Morgan fingerprint density at radius 1 is 0.311 bits per heavy atom. The molecule has 15 heteroatoms. The number of rotatable bonds is 6. The molecule has 0 amide bonds. The van der Waals surface area contributed by atoms with Gasteiger partial charge in [-0.25, -0.2) is 30.6 Å². The second kappa shape index (κ2) is 13.6. The quantitative estimate of drug-likeness (QED) is 0.238. The van der Waals surface area contributed by atoms with Crippen LogP contribution in [0, 0.1) is 123 Å². The van der Waals surface area contributed by atoms with E-state index in [1.54, 1.807) is 0 Å². The molecular formula is C30H42B2N12Sm-2. The summed E-state index contributed by atoms with van der Waals surface area (Å²) in [6, 6.07) is 12.4. The van der Waals surface area contributed by atoms with Crippen LogP contribution in [0.1, 0.15) is 68.3 Å². The summed E-state index contributed by atoms with van der Waals surface area (Å²) in [6.45, 7) is 24.4. The number of nitrogens with zero attached hydrogens (tertiary/aromatic N) is 12. The molecule has 0 atom stereocenters. The van der Waals surface area contributed by atoms with Crippen LogP contribution >= 0.6 is 0 Å². The first kappa shape index (κ1) is 34.6. The van der Waals surface area contributed by atoms with Crippen LogP contribution < -0.4 is 0 Å². The van der Waals surface area contributed by atoms with Crippen molar-refractivity contribution in [3.05, 3.63) is 105 Å². The van der Waals surface area contributed by atoms with Gasteiger partial charge >= 0.3 is 0 Å². The average molecular weight is 743 g/mol. The molecule has 0 saturated heterocycles. The van der Waals surface area contributed by atoms with Crippen LogP contribution in [0.25, 0.3) is 0 Å². The van der Waals surface area contributed by atoms with E-state index in [2.05, 4.69) is 109 Å². The van der Waals surface area contributed by atoms with Crippen molar-refractivity contribution in [2.24, 2.45) is 0 Å². The van der Waals surface area contributed by atoms with Crippen molar-refractivity contribution in [2.45, 2.75) is 83.1 Å². The van der Waals surface area contributed by atoms with E-state index in [-0.39, 0.29) is 54.6 Å². The summed E-state index contributed by atoms with van der Waals surface area (Å²) in [4.78, 5) is 0. The molecule has 6 heterocycles. The van der Waals surface area contributed by atoms with Crippen LogP contribution in [-0.4, -0.2) is 72.4 Å². The summed E-state index contributed by atoms with van der Waals surface area (Å²) in [5.41, 5.74) is 12.5. The average Bonchev–Trinajstić information content (AvgIpc) is 3.74. The van der Waals surface area contributed by atoms with E-state index in [1.165, 1.54) is 0 Å². The summed E-state index contributed by atoms with van der Waals surface area (Å²) >= 11 is 0. The fourth-order valence-electron chi connectivity index (χ4n) is 5.90. The molecule has 6 aromatic heterocycles. The van der Waals surface area contributed by atoms with Gasteiger partial charge in [-0.1, -0.05) is 0 Å². The maximum atomic E-state index is 4.66. The SMILES string of the molecule is Cc1cc(C)n([B-](n2nc(C)cc2C)n2nc(C)cc2C)n1.Cc1cc(C)n([B-](n2nc(C)cc2C)n2nc(C)cc2C)n1.[Sm]. The maximum Gasteiger partial charge on any atom is 0.261 e. The van der Waals surface area contributed by atoms with Crippen LogP contribution in [-0.2, 0) is 0 Å². The number of aromatic nitrogens is 12. The molecule has 0 aliphatic carbocycles. The minimum absolute atomic E-state index is 0. The van der Waals surface area contributed by atoms with Crippen molar-refractivity contribution in [3.8, 4) is 0 Å². The van der Waals surface area contributed by atoms with Crippen LogP contribution in [0.4, 0.5) is 0 Å². The van der Waals surface area contributed by atoms with Gasteiger partial charge in [0.25, 0.3) is 14.2 Å². The van der Waals surface area contributed by atoms with Gasteiger partial charge in [-0.3, -0.25) is 0 Å². The van der Waals surface area contributed by atoms with Crippen LogP contribution in [0.15, 0.2) is 36.4 Å². The normalized spacial score (nSPS) is 11.3. The van der Waals surface area contributed by atoms with Gasteiger partial charge in [-0.2, -0.15) is 0 Å². The Hall–Kier alpha value is -3.27.